The zero-order valence-corrected chi connectivity index (χ0v) is 18.7. The van der Waals surface area contributed by atoms with Gasteiger partial charge in [-0.05, 0) is 48.9 Å². The third-order valence-corrected chi connectivity index (χ3v) is 5.60. The van der Waals surface area contributed by atoms with Crippen molar-refractivity contribution in [3.05, 3.63) is 94.1 Å². The average molecular weight is 452 g/mol. The fourth-order valence-electron chi connectivity index (χ4n) is 3.37. The quantitative estimate of drug-likeness (QED) is 0.284. The molecule has 4 aromatic rings. The molecule has 1 aromatic heterocycles. The Bertz CT molecular complexity index is 1180. The van der Waals surface area contributed by atoms with Gasteiger partial charge in [-0.2, -0.15) is 0 Å². The van der Waals surface area contributed by atoms with Gasteiger partial charge in [0, 0.05) is 35.5 Å². The van der Waals surface area contributed by atoms with Crippen LogP contribution in [0.25, 0.3) is 10.9 Å². The molecule has 4 nitrogen and oxygen atoms in total. The number of rotatable bonds is 8. The fraction of sp³-hybridized carbons (Fsp3) is 0.160. The van der Waals surface area contributed by atoms with Gasteiger partial charge < -0.3 is 15.4 Å². The van der Waals surface area contributed by atoms with Crippen molar-refractivity contribution >= 4 is 45.5 Å². The van der Waals surface area contributed by atoms with Crippen LogP contribution in [-0.2, 0) is 6.54 Å². The van der Waals surface area contributed by atoms with Gasteiger partial charge in [0.2, 0.25) is 0 Å². The number of nitrogens with one attached hydrogen (secondary N) is 2. The molecule has 31 heavy (non-hydrogen) atoms. The highest BCUT2D eigenvalue weighted by Gasteiger charge is 2.10. The molecule has 0 saturated heterocycles. The van der Waals surface area contributed by atoms with Gasteiger partial charge in [0.05, 0.1) is 10.0 Å². The molecule has 0 saturated carbocycles. The SMILES string of the molecule is Cc1cc(NCc2ccc(Cl)c(Cl)c2)c2cccc(OCCNc3ccccc3)c2n1. The van der Waals surface area contributed by atoms with Crippen molar-refractivity contribution in [2.24, 2.45) is 0 Å². The Morgan fingerprint density at radius 3 is 2.52 bits per heavy atom. The summed E-state index contributed by atoms with van der Waals surface area (Å²) in [6.45, 7) is 3.85. The highest BCUT2D eigenvalue weighted by molar-refractivity contribution is 6.42. The summed E-state index contributed by atoms with van der Waals surface area (Å²) in [4.78, 5) is 4.73. The summed E-state index contributed by atoms with van der Waals surface area (Å²) >= 11 is 12.2. The van der Waals surface area contributed by atoms with E-state index in [0.29, 0.717) is 29.7 Å². The lowest BCUT2D eigenvalue weighted by molar-refractivity contribution is 0.336. The predicted molar refractivity (Wildman–Crippen MR) is 131 cm³/mol. The van der Waals surface area contributed by atoms with E-state index in [1.54, 1.807) is 0 Å². The molecule has 6 heteroatoms. The topological polar surface area (TPSA) is 46.2 Å². The Balaban J connectivity index is 1.48. The van der Waals surface area contributed by atoms with E-state index in [4.69, 9.17) is 32.9 Å². The van der Waals surface area contributed by atoms with Crippen molar-refractivity contribution in [1.29, 1.82) is 0 Å². The summed E-state index contributed by atoms with van der Waals surface area (Å²) in [6, 6.07) is 23.8. The highest BCUT2D eigenvalue weighted by Crippen LogP contribution is 2.31. The van der Waals surface area contributed by atoms with Crippen molar-refractivity contribution in [2.75, 3.05) is 23.8 Å². The number of anilines is 2. The number of para-hydroxylation sites is 2. The second kappa shape index (κ2) is 9.90. The first-order valence-electron chi connectivity index (χ1n) is 10.1. The molecule has 4 rings (SSSR count). The molecule has 3 aromatic carbocycles. The first-order valence-corrected chi connectivity index (χ1v) is 10.9. The molecule has 2 N–H and O–H groups in total. The van der Waals surface area contributed by atoms with Crippen LogP contribution < -0.4 is 15.4 Å². The van der Waals surface area contributed by atoms with Crippen LogP contribution in [-0.4, -0.2) is 18.1 Å². The summed E-state index contributed by atoms with van der Waals surface area (Å²) in [7, 11) is 0. The van der Waals surface area contributed by atoms with E-state index in [2.05, 4.69) is 10.6 Å². The Morgan fingerprint density at radius 1 is 0.871 bits per heavy atom. The smallest absolute Gasteiger partial charge is 0.145 e. The monoisotopic (exact) mass is 451 g/mol. The Hall–Kier alpha value is -2.95. The maximum atomic E-state index is 6.14. The maximum absolute atomic E-state index is 6.14. The van der Waals surface area contributed by atoms with Crippen LogP contribution >= 0.6 is 23.2 Å². The average Bonchev–Trinajstić information content (AvgIpc) is 2.78. The second-order valence-corrected chi connectivity index (χ2v) is 8.02. The number of ether oxygens (including phenoxy) is 1. The lowest BCUT2D eigenvalue weighted by atomic mass is 10.1. The molecular formula is C25H23Cl2N3O. The van der Waals surface area contributed by atoms with E-state index in [1.165, 1.54) is 0 Å². The van der Waals surface area contributed by atoms with Crippen LogP contribution in [0.2, 0.25) is 10.0 Å². The number of aryl methyl sites for hydroxylation is 1. The van der Waals surface area contributed by atoms with Crippen LogP contribution in [0.15, 0.2) is 72.8 Å². The van der Waals surface area contributed by atoms with Crippen molar-refractivity contribution in [2.45, 2.75) is 13.5 Å². The van der Waals surface area contributed by atoms with Crippen molar-refractivity contribution < 1.29 is 4.74 Å². The van der Waals surface area contributed by atoms with Gasteiger partial charge in [0.15, 0.2) is 0 Å². The zero-order chi connectivity index (χ0) is 21.6. The van der Waals surface area contributed by atoms with Crippen LogP contribution in [0.4, 0.5) is 11.4 Å². The molecule has 0 aliphatic carbocycles. The lowest BCUT2D eigenvalue weighted by Gasteiger charge is -2.14. The Morgan fingerprint density at radius 2 is 1.71 bits per heavy atom. The standard InChI is InChI=1S/C25H23Cl2N3O/c1-17-14-23(29-16-18-10-11-21(26)22(27)15-18)20-8-5-9-24(25(20)30-17)31-13-12-28-19-6-3-2-4-7-19/h2-11,14-15,28H,12-13,16H2,1H3,(H,29,30). The van der Waals surface area contributed by atoms with Crippen molar-refractivity contribution in [3.63, 3.8) is 0 Å². The number of hydrogen-bond acceptors (Lipinski definition) is 4. The minimum Gasteiger partial charge on any atom is -0.489 e. The predicted octanol–water partition coefficient (Wildman–Crippen LogP) is 6.95. The Kier molecular flexibility index (Phi) is 6.80. The second-order valence-electron chi connectivity index (χ2n) is 7.21. The van der Waals surface area contributed by atoms with Gasteiger partial charge in [-0.15, -0.1) is 0 Å². The number of halogens is 2. The molecule has 0 bridgehead atoms. The van der Waals surface area contributed by atoms with Crippen molar-refractivity contribution in [1.82, 2.24) is 4.98 Å². The molecule has 0 aliphatic heterocycles. The molecule has 0 atom stereocenters. The normalized spacial score (nSPS) is 10.8. The molecule has 0 unspecified atom stereocenters. The van der Waals surface area contributed by atoms with Gasteiger partial charge in [0.25, 0.3) is 0 Å². The molecule has 0 amide bonds. The van der Waals surface area contributed by atoms with E-state index in [0.717, 1.165) is 39.3 Å². The van der Waals surface area contributed by atoms with E-state index in [1.807, 2.05) is 79.7 Å². The number of fused-ring (bicyclic) bond motifs is 1. The summed E-state index contributed by atoms with van der Waals surface area (Å²) in [5.41, 5.74) is 4.89. The third kappa shape index (κ3) is 5.40. The van der Waals surface area contributed by atoms with Gasteiger partial charge in [0.1, 0.15) is 17.9 Å². The molecule has 0 spiro atoms. The number of pyridine rings is 1. The minimum absolute atomic E-state index is 0.537. The van der Waals surface area contributed by atoms with Crippen LogP contribution in [0.1, 0.15) is 11.3 Å². The minimum atomic E-state index is 0.537. The molecule has 0 aliphatic rings. The fourth-order valence-corrected chi connectivity index (χ4v) is 3.69. The number of hydrogen-bond donors (Lipinski definition) is 2. The summed E-state index contributed by atoms with van der Waals surface area (Å²) < 4.78 is 6.06. The molecule has 0 radical (unpaired) electrons. The summed E-state index contributed by atoms with van der Waals surface area (Å²) in [6.07, 6.45) is 0. The number of benzene rings is 3. The maximum Gasteiger partial charge on any atom is 0.145 e. The van der Waals surface area contributed by atoms with E-state index < -0.39 is 0 Å². The largest absolute Gasteiger partial charge is 0.489 e. The van der Waals surface area contributed by atoms with Gasteiger partial charge in [-0.3, -0.25) is 0 Å². The van der Waals surface area contributed by atoms with Crippen LogP contribution in [0, 0.1) is 6.92 Å². The lowest BCUT2D eigenvalue weighted by Crippen LogP contribution is -2.11. The van der Waals surface area contributed by atoms with Gasteiger partial charge in [-0.25, -0.2) is 4.98 Å². The van der Waals surface area contributed by atoms with Crippen molar-refractivity contribution in [3.8, 4) is 5.75 Å². The van der Waals surface area contributed by atoms with Crippen LogP contribution in [0.3, 0.4) is 0 Å². The number of aromatic nitrogens is 1. The van der Waals surface area contributed by atoms with E-state index in [-0.39, 0.29) is 0 Å². The summed E-state index contributed by atoms with van der Waals surface area (Å²) in [5, 5.41) is 8.97. The first kappa shape index (κ1) is 21.3. The first-order chi connectivity index (χ1) is 15.1. The summed E-state index contributed by atoms with van der Waals surface area (Å²) in [5.74, 6) is 0.772. The van der Waals surface area contributed by atoms with E-state index in [9.17, 15) is 0 Å². The molecule has 1 heterocycles. The number of nitrogens with zero attached hydrogens (tertiary/aromatic N) is 1. The van der Waals surface area contributed by atoms with Gasteiger partial charge in [-0.1, -0.05) is 59.6 Å². The molecule has 158 valence electrons. The molecule has 0 fully saturated rings. The Labute approximate surface area is 192 Å². The molecular weight excluding hydrogens is 429 g/mol. The third-order valence-electron chi connectivity index (χ3n) is 4.86. The zero-order valence-electron chi connectivity index (χ0n) is 17.2. The van der Waals surface area contributed by atoms with E-state index >= 15 is 0 Å². The van der Waals surface area contributed by atoms with Gasteiger partial charge >= 0.3 is 0 Å². The highest BCUT2D eigenvalue weighted by atomic mass is 35.5. The van der Waals surface area contributed by atoms with Crippen LogP contribution in [0.5, 0.6) is 5.75 Å².